The molecule has 5 aromatic rings. The van der Waals surface area contributed by atoms with Gasteiger partial charge in [0.05, 0.1) is 0 Å². The zero-order valence-corrected chi connectivity index (χ0v) is 22.4. The number of benzene rings is 3. The highest BCUT2D eigenvalue weighted by molar-refractivity contribution is 5.76. The fourth-order valence-corrected chi connectivity index (χ4v) is 4.73. The average molecular weight is 493 g/mol. The molecule has 38 heavy (non-hydrogen) atoms. The van der Waals surface area contributed by atoms with Crippen molar-refractivity contribution in [3.05, 3.63) is 142 Å². The van der Waals surface area contributed by atoms with Gasteiger partial charge in [-0.05, 0) is 103 Å². The Hall–Kier alpha value is -4.56. The molecule has 0 aliphatic carbocycles. The second-order valence-electron chi connectivity index (χ2n) is 9.86. The zero-order valence-electron chi connectivity index (χ0n) is 22.4. The van der Waals surface area contributed by atoms with E-state index in [-0.39, 0.29) is 0 Å². The van der Waals surface area contributed by atoms with Crippen LogP contribution in [-0.2, 0) is 0 Å². The van der Waals surface area contributed by atoms with Gasteiger partial charge in [-0.2, -0.15) is 0 Å². The number of aryl methyl sites for hydroxylation is 4. The molecule has 186 valence electrons. The molecule has 0 atom stereocenters. The lowest BCUT2D eigenvalue weighted by Crippen LogP contribution is -1.88. The van der Waals surface area contributed by atoms with Crippen molar-refractivity contribution in [1.82, 2.24) is 9.97 Å². The van der Waals surface area contributed by atoms with Crippen molar-refractivity contribution in [2.75, 3.05) is 0 Å². The van der Waals surface area contributed by atoms with Crippen molar-refractivity contribution in [3.8, 4) is 22.3 Å². The Morgan fingerprint density at radius 3 is 1.08 bits per heavy atom. The Balaban J connectivity index is 1.26. The van der Waals surface area contributed by atoms with Crippen LogP contribution < -0.4 is 0 Å². The molecule has 2 nitrogen and oxygen atoms in total. The molecular formula is C36H32N2. The number of aromatic nitrogens is 2. The Kier molecular flexibility index (Phi) is 7.42. The SMILES string of the molecule is Cc1cc(-c2ccc(/C=C/c3cccc(/C=C/c4ccc(-c5cc(C)nc(C)c5)cc4)c3)cc2)cc(C)n1. The van der Waals surface area contributed by atoms with Crippen LogP contribution in [0.3, 0.4) is 0 Å². The van der Waals surface area contributed by atoms with E-state index < -0.39 is 0 Å². The van der Waals surface area contributed by atoms with Crippen LogP contribution in [0.1, 0.15) is 45.0 Å². The molecule has 0 amide bonds. The summed E-state index contributed by atoms with van der Waals surface area (Å²) in [6.07, 6.45) is 8.66. The third kappa shape index (κ3) is 6.41. The standard InChI is InChI=1S/C36H32N2/c1-25-20-35(21-26(2)37-25)33-16-12-29(13-17-33)8-10-31-6-5-7-32(24-31)11-9-30-14-18-34(19-15-30)36-22-27(3)38-28(4)23-36/h5-24H,1-4H3/b10-8+,11-9+. The van der Waals surface area contributed by atoms with Crippen molar-refractivity contribution in [3.63, 3.8) is 0 Å². The zero-order chi connectivity index (χ0) is 26.5. The second-order valence-corrected chi connectivity index (χ2v) is 9.86. The van der Waals surface area contributed by atoms with Gasteiger partial charge in [0.25, 0.3) is 0 Å². The highest BCUT2D eigenvalue weighted by Crippen LogP contribution is 2.24. The molecule has 0 aliphatic rings. The minimum absolute atomic E-state index is 1.05. The average Bonchev–Trinajstić information content (AvgIpc) is 2.90. The summed E-state index contributed by atoms with van der Waals surface area (Å²) in [5.74, 6) is 0. The maximum absolute atomic E-state index is 4.48. The quantitative estimate of drug-likeness (QED) is 0.221. The molecule has 0 unspecified atom stereocenters. The third-order valence-electron chi connectivity index (χ3n) is 6.50. The van der Waals surface area contributed by atoms with Gasteiger partial charge in [0.2, 0.25) is 0 Å². The molecule has 0 saturated heterocycles. The number of pyridine rings is 2. The Morgan fingerprint density at radius 2 is 0.711 bits per heavy atom. The maximum Gasteiger partial charge on any atom is 0.0382 e. The van der Waals surface area contributed by atoms with Crippen LogP contribution in [0.25, 0.3) is 46.6 Å². The van der Waals surface area contributed by atoms with Crippen LogP contribution in [0, 0.1) is 27.7 Å². The van der Waals surface area contributed by atoms with E-state index in [1.807, 2.05) is 27.7 Å². The summed E-state index contributed by atoms with van der Waals surface area (Å²) in [6, 6.07) is 34.5. The van der Waals surface area contributed by atoms with Crippen molar-refractivity contribution < 1.29 is 0 Å². The molecule has 0 saturated carbocycles. The van der Waals surface area contributed by atoms with Crippen molar-refractivity contribution in [2.45, 2.75) is 27.7 Å². The summed E-state index contributed by atoms with van der Waals surface area (Å²) in [5, 5.41) is 0. The van der Waals surface area contributed by atoms with E-state index in [0.717, 1.165) is 22.8 Å². The molecule has 0 fully saturated rings. The molecular weight excluding hydrogens is 460 g/mol. The van der Waals surface area contributed by atoms with E-state index in [4.69, 9.17) is 0 Å². The molecule has 2 heterocycles. The first-order valence-corrected chi connectivity index (χ1v) is 13.0. The lowest BCUT2D eigenvalue weighted by molar-refractivity contribution is 1.12. The molecule has 2 aromatic heterocycles. The van der Waals surface area contributed by atoms with Crippen LogP contribution in [-0.4, -0.2) is 9.97 Å². The predicted molar refractivity (Wildman–Crippen MR) is 163 cm³/mol. The first-order chi connectivity index (χ1) is 18.4. The summed E-state index contributed by atoms with van der Waals surface area (Å²) in [5.41, 5.74) is 13.7. The lowest BCUT2D eigenvalue weighted by atomic mass is 10.0. The lowest BCUT2D eigenvalue weighted by Gasteiger charge is -2.05. The van der Waals surface area contributed by atoms with E-state index in [2.05, 4.69) is 131 Å². The predicted octanol–water partition coefficient (Wildman–Crippen LogP) is 9.39. The maximum atomic E-state index is 4.48. The summed E-state index contributed by atoms with van der Waals surface area (Å²) in [6.45, 7) is 8.16. The summed E-state index contributed by atoms with van der Waals surface area (Å²) >= 11 is 0. The number of hydrogen-bond donors (Lipinski definition) is 0. The minimum atomic E-state index is 1.05. The third-order valence-corrected chi connectivity index (χ3v) is 6.50. The van der Waals surface area contributed by atoms with Gasteiger partial charge >= 0.3 is 0 Å². The van der Waals surface area contributed by atoms with Crippen LogP contribution in [0.4, 0.5) is 0 Å². The largest absolute Gasteiger partial charge is 0.258 e. The molecule has 2 heteroatoms. The Morgan fingerprint density at radius 1 is 0.368 bits per heavy atom. The minimum Gasteiger partial charge on any atom is -0.258 e. The topological polar surface area (TPSA) is 25.8 Å². The molecule has 0 bridgehead atoms. The van der Waals surface area contributed by atoms with E-state index >= 15 is 0 Å². The molecule has 3 aromatic carbocycles. The normalized spacial score (nSPS) is 11.5. The number of rotatable bonds is 6. The van der Waals surface area contributed by atoms with Crippen LogP contribution >= 0.6 is 0 Å². The fourth-order valence-electron chi connectivity index (χ4n) is 4.73. The molecule has 5 rings (SSSR count). The first kappa shape index (κ1) is 25.1. The summed E-state index contributed by atoms with van der Waals surface area (Å²) < 4.78 is 0. The van der Waals surface area contributed by atoms with Gasteiger partial charge < -0.3 is 0 Å². The van der Waals surface area contributed by atoms with Gasteiger partial charge in [-0.1, -0.05) is 91.0 Å². The highest BCUT2D eigenvalue weighted by atomic mass is 14.7. The van der Waals surface area contributed by atoms with Gasteiger partial charge in [0.1, 0.15) is 0 Å². The Bertz CT molecular complexity index is 1460. The Labute approximate surface area is 226 Å². The molecule has 0 spiro atoms. The van der Waals surface area contributed by atoms with Gasteiger partial charge in [-0.3, -0.25) is 9.97 Å². The van der Waals surface area contributed by atoms with E-state index in [1.165, 1.54) is 44.5 Å². The van der Waals surface area contributed by atoms with E-state index in [0.29, 0.717) is 0 Å². The van der Waals surface area contributed by atoms with Gasteiger partial charge in [-0.25, -0.2) is 0 Å². The van der Waals surface area contributed by atoms with Gasteiger partial charge in [-0.15, -0.1) is 0 Å². The van der Waals surface area contributed by atoms with Crippen molar-refractivity contribution >= 4 is 24.3 Å². The van der Waals surface area contributed by atoms with Crippen molar-refractivity contribution in [1.29, 1.82) is 0 Å². The van der Waals surface area contributed by atoms with Crippen LogP contribution in [0.15, 0.2) is 97.1 Å². The van der Waals surface area contributed by atoms with Crippen molar-refractivity contribution in [2.24, 2.45) is 0 Å². The molecule has 0 radical (unpaired) electrons. The number of hydrogen-bond acceptors (Lipinski definition) is 2. The van der Waals surface area contributed by atoms with Gasteiger partial charge in [0.15, 0.2) is 0 Å². The second kappa shape index (κ2) is 11.2. The summed E-state index contributed by atoms with van der Waals surface area (Å²) in [7, 11) is 0. The highest BCUT2D eigenvalue weighted by Gasteiger charge is 2.02. The monoisotopic (exact) mass is 492 g/mol. The van der Waals surface area contributed by atoms with Gasteiger partial charge in [0, 0.05) is 22.8 Å². The molecule has 0 N–H and O–H groups in total. The van der Waals surface area contributed by atoms with Crippen LogP contribution in [0.5, 0.6) is 0 Å². The fraction of sp³-hybridized carbons (Fsp3) is 0.111. The first-order valence-electron chi connectivity index (χ1n) is 13.0. The molecule has 0 aliphatic heterocycles. The van der Waals surface area contributed by atoms with E-state index in [1.54, 1.807) is 0 Å². The van der Waals surface area contributed by atoms with E-state index in [9.17, 15) is 0 Å². The smallest absolute Gasteiger partial charge is 0.0382 e. The van der Waals surface area contributed by atoms with Crippen LogP contribution in [0.2, 0.25) is 0 Å². The summed E-state index contributed by atoms with van der Waals surface area (Å²) in [4.78, 5) is 8.96. The number of nitrogens with zero attached hydrogens (tertiary/aromatic N) is 2.